The van der Waals surface area contributed by atoms with Crippen LogP contribution in [0.25, 0.3) is 0 Å². The fourth-order valence-electron chi connectivity index (χ4n) is 1.20. The van der Waals surface area contributed by atoms with E-state index in [1.54, 1.807) is 23.1 Å². The number of Topliss-reactive ketones (excluding diaryl/α,β-unsaturated/α-hetero) is 1. The Bertz CT molecular complexity index is 278. The lowest BCUT2D eigenvalue weighted by molar-refractivity contribution is -0.116. The maximum atomic E-state index is 11.5. The van der Waals surface area contributed by atoms with Crippen molar-refractivity contribution in [1.82, 2.24) is 0 Å². The summed E-state index contributed by atoms with van der Waals surface area (Å²) in [5, 5.41) is 2.06. The SMILES string of the molecule is CC(C)CSCC(=O)CCc1cccs1. The van der Waals surface area contributed by atoms with Crippen LogP contribution >= 0.6 is 23.1 Å². The molecule has 0 fully saturated rings. The van der Waals surface area contributed by atoms with Gasteiger partial charge < -0.3 is 0 Å². The number of aryl methyl sites for hydroxylation is 1. The van der Waals surface area contributed by atoms with Crippen LogP contribution in [0.2, 0.25) is 0 Å². The lowest BCUT2D eigenvalue weighted by Gasteiger charge is -2.03. The van der Waals surface area contributed by atoms with Gasteiger partial charge in [0.1, 0.15) is 5.78 Å². The zero-order chi connectivity index (χ0) is 11.1. The summed E-state index contributed by atoms with van der Waals surface area (Å²) in [7, 11) is 0. The molecule has 1 heterocycles. The number of thiophene rings is 1. The molecule has 1 rings (SSSR count). The Labute approximate surface area is 100 Å². The quantitative estimate of drug-likeness (QED) is 0.726. The number of rotatable bonds is 7. The highest BCUT2D eigenvalue weighted by Gasteiger charge is 2.04. The van der Waals surface area contributed by atoms with Crippen LogP contribution in [0.3, 0.4) is 0 Å². The fourth-order valence-corrected chi connectivity index (χ4v) is 2.87. The van der Waals surface area contributed by atoms with Crippen LogP contribution in [0.5, 0.6) is 0 Å². The first-order valence-corrected chi connectivity index (χ1v) is 7.33. The minimum atomic E-state index is 0.383. The molecule has 1 aromatic heterocycles. The lowest BCUT2D eigenvalue weighted by Crippen LogP contribution is -2.04. The molecule has 0 aliphatic carbocycles. The first kappa shape index (κ1) is 12.8. The van der Waals surface area contributed by atoms with Crippen LogP contribution in [-0.4, -0.2) is 17.3 Å². The number of hydrogen-bond donors (Lipinski definition) is 0. The topological polar surface area (TPSA) is 17.1 Å². The second-order valence-corrected chi connectivity index (χ2v) is 6.09. The minimum absolute atomic E-state index is 0.383. The molecule has 0 aromatic carbocycles. The smallest absolute Gasteiger partial charge is 0.143 e. The van der Waals surface area contributed by atoms with E-state index in [1.165, 1.54) is 4.88 Å². The zero-order valence-corrected chi connectivity index (χ0v) is 11.0. The molecule has 0 saturated heterocycles. The van der Waals surface area contributed by atoms with Gasteiger partial charge in [0.2, 0.25) is 0 Å². The molecule has 3 heteroatoms. The van der Waals surface area contributed by atoms with E-state index in [0.29, 0.717) is 23.9 Å². The summed E-state index contributed by atoms with van der Waals surface area (Å²) in [6, 6.07) is 4.14. The number of carbonyl (C=O) groups is 1. The first-order valence-electron chi connectivity index (χ1n) is 5.30. The normalized spacial score (nSPS) is 10.9. The molecule has 0 saturated carbocycles. The van der Waals surface area contributed by atoms with E-state index in [0.717, 1.165) is 12.2 Å². The van der Waals surface area contributed by atoms with E-state index in [4.69, 9.17) is 0 Å². The van der Waals surface area contributed by atoms with Gasteiger partial charge in [-0.1, -0.05) is 19.9 Å². The van der Waals surface area contributed by atoms with Crippen LogP contribution in [0.4, 0.5) is 0 Å². The van der Waals surface area contributed by atoms with Crippen molar-refractivity contribution in [2.75, 3.05) is 11.5 Å². The molecular weight excluding hydrogens is 224 g/mol. The standard InChI is InChI=1S/C12H18OS2/c1-10(2)8-14-9-11(13)5-6-12-4-3-7-15-12/h3-4,7,10H,5-6,8-9H2,1-2H3. The number of ketones is 1. The highest BCUT2D eigenvalue weighted by Crippen LogP contribution is 2.13. The van der Waals surface area contributed by atoms with E-state index in [1.807, 2.05) is 6.07 Å². The van der Waals surface area contributed by atoms with Gasteiger partial charge in [-0.05, 0) is 29.5 Å². The summed E-state index contributed by atoms with van der Waals surface area (Å²) in [6.07, 6.45) is 1.62. The fraction of sp³-hybridized carbons (Fsp3) is 0.583. The molecule has 0 amide bonds. The predicted molar refractivity (Wildman–Crippen MR) is 69.8 cm³/mol. The van der Waals surface area contributed by atoms with Crippen molar-refractivity contribution in [3.63, 3.8) is 0 Å². The van der Waals surface area contributed by atoms with E-state index >= 15 is 0 Å². The minimum Gasteiger partial charge on any atom is -0.299 e. The molecule has 0 unspecified atom stereocenters. The summed E-state index contributed by atoms with van der Waals surface area (Å²) < 4.78 is 0. The molecule has 0 spiro atoms. The monoisotopic (exact) mass is 242 g/mol. The molecule has 0 atom stereocenters. The van der Waals surface area contributed by atoms with Crippen molar-refractivity contribution < 1.29 is 4.79 Å². The number of carbonyl (C=O) groups excluding carboxylic acids is 1. The van der Waals surface area contributed by atoms with Crippen LogP contribution in [-0.2, 0) is 11.2 Å². The van der Waals surface area contributed by atoms with Gasteiger partial charge in [0, 0.05) is 11.3 Å². The van der Waals surface area contributed by atoms with Crippen LogP contribution in [0, 0.1) is 5.92 Å². The average molecular weight is 242 g/mol. The number of thioether (sulfide) groups is 1. The Morgan fingerprint density at radius 1 is 1.53 bits per heavy atom. The lowest BCUT2D eigenvalue weighted by atomic mass is 10.2. The summed E-state index contributed by atoms with van der Waals surface area (Å²) in [6.45, 7) is 4.37. The van der Waals surface area contributed by atoms with Gasteiger partial charge in [0.15, 0.2) is 0 Å². The second kappa shape index (κ2) is 7.07. The Kier molecular flexibility index (Phi) is 6.03. The van der Waals surface area contributed by atoms with Crippen molar-refractivity contribution in [2.24, 2.45) is 5.92 Å². The predicted octanol–water partition coefficient (Wildman–Crippen LogP) is 3.64. The first-order chi connectivity index (χ1) is 7.18. The molecule has 1 nitrogen and oxygen atoms in total. The summed E-state index contributed by atoms with van der Waals surface area (Å²) in [5.41, 5.74) is 0. The van der Waals surface area contributed by atoms with Crippen molar-refractivity contribution >= 4 is 28.9 Å². The zero-order valence-electron chi connectivity index (χ0n) is 9.36. The highest BCUT2D eigenvalue weighted by atomic mass is 32.2. The van der Waals surface area contributed by atoms with Crippen molar-refractivity contribution in [3.8, 4) is 0 Å². The van der Waals surface area contributed by atoms with E-state index in [9.17, 15) is 4.79 Å². The molecule has 0 aliphatic heterocycles. The average Bonchev–Trinajstić information content (AvgIpc) is 2.66. The van der Waals surface area contributed by atoms with Gasteiger partial charge >= 0.3 is 0 Å². The van der Waals surface area contributed by atoms with E-state index in [-0.39, 0.29) is 0 Å². The number of hydrogen-bond acceptors (Lipinski definition) is 3. The Morgan fingerprint density at radius 3 is 2.93 bits per heavy atom. The third-order valence-electron chi connectivity index (χ3n) is 1.94. The van der Waals surface area contributed by atoms with Crippen LogP contribution < -0.4 is 0 Å². The van der Waals surface area contributed by atoms with Gasteiger partial charge in [-0.2, -0.15) is 11.8 Å². The maximum absolute atomic E-state index is 11.5. The molecule has 15 heavy (non-hydrogen) atoms. The van der Waals surface area contributed by atoms with Gasteiger partial charge in [-0.15, -0.1) is 11.3 Å². The van der Waals surface area contributed by atoms with Gasteiger partial charge in [-0.25, -0.2) is 0 Å². The highest BCUT2D eigenvalue weighted by molar-refractivity contribution is 7.99. The van der Waals surface area contributed by atoms with Gasteiger partial charge in [-0.3, -0.25) is 4.79 Å². The van der Waals surface area contributed by atoms with Gasteiger partial charge in [0.25, 0.3) is 0 Å². The van der Waals surface area contributed by atoms with Crippen molar-refractivity contribution in [1.29, 1.82) is 0 Å². The molecule has 0 N–H and O–H groups in total. The van der Waals surface area contributed by atoms with Crippen LogP contribution in [0.1, 0.15) is 25.1 Å². The largest absolute Gasteiger partial charge is 0.299 e. The molecule has 84 valence electrons. The summed E-state index contributed by atoms with van der Waals surface area (Å²) >= 11 is 3.50. The third kappa shape index (κ3) is 6.00. The van der Waals surface area contributed by atoms with E-state index < -0.39 is 0 Å². The third-order valence-corrected chi connectivity index (χ3v) is 4.31. The van der Waals surface area contributed by atoms with Crippen molar-refractivity contribution in [2.45, 2.75) is 26.7 Å². The summed E-state index contributed by atoms with van der Waals surface area (Å²) in [5.74, 6) is 2.84. The van der Waals surface area contributed by atoms with Crippen molar-refractivity contribution in [3.05, 3.63) is 22.4 Å². The maximum Gasteiger partial charge on any atom is 0.143 e. The van der Waals surface area contributed by atoms with E-state index in [2.05, 4.69) is 25.3 Å². The molecular formula is C12H18OS2. The Balaban J connectivity index is 2.09. The molecule has 1 aromatic rings. The Morgan fingerprint density at radius 2 is 2.33 bits per heavy atom. The molecule has 0 aliphatic rings. The van der Waals surface area contributed by atoms with Crippen LogP contribution in [0.15, 0.2) is 17.5 Å². The molecule has 0 bridgehead atoms. The Hall–Kier alpha value is -0.280. The van der Waals surface area contributed by atoms with Gasteiger partial charge in [0.05, 0.1) is 5.75 Å². The summed E-state index contributed by atoms with van der Waals surface area (Å²) in [4.78, 5) is 12.8. The molecule has 0 radical (unpaired) electrons. The second-order valence-electron chi connectivity index (χ2n) is 4.03.